The molecular weight excluding hydrogens is 312 g/mol. The number of rotatable bonds is 5. The Balaban J connectivity index is 1.71. The molecule has 0 radical (unpaired) electrons. The Kier molecular flexibility index (Phi) is 5.31. The molecule has 0 spiro atoms. The first-order chi connectivity index (χ1) is 12.0. The minimum absolute atomic E-state index is 0.211. The van der Waals surface area contributed by atoms with Gasteiger partial charge in [-0.2, -0.15) is 0 Å². The lowest BCUT2D eigenvalue weighted by Gasteiger charge is -2.13. The Labute approximate surface area is 149 Å². The maximum Gasteiger partial charge on any atom is 0.274 e. The van der Waals surface area contributed by atoms with E-state index in [0.717, 1.165) is 24.2 Å². The van der Waals surface area contributed by atoms with Gasteiger partial charge in [-0.05, 0) is 49.4 Å². The van der Waals surface area contributed by atoms with Crippen LogP contribution < -0.4 is 10.6 Å². The van der Waals surface area contributed by atoms with E-state index in [0.29, 0.717) is 23.6 Å². The maximum atomic E-state index is 12.5. The summed E-state index contributed by atoms with van der Waals surface area (Å²) in [6.07, 6.45) is 4.76. The van der Waals surface area contributed by atoms with Crippen LogP contribution >= 0.6 is 0 Å². The second-order valence-electron chi connectivity index (χ2n) is 7.07. The number of benzene rings is 1. The lowest BCUT2D eigenvalue weighted by molar-refractivity contribution is 0.102. The van der Waals surface area contributed by atoms with Crippen LogP contribution in [0.1, 0.15) is 67.2 Å². The summed E-state index contributed by atoms with van der Waals surface area (Å²) in [7, 11) is 0. The third-order valence-electron chi connectivity index (χ3n) is 4.61. The molecule has 5 nitrogen and oxygen atoms in total. The molecule has 2 aromatic rings. The normalized spacial score (nSPS) is 14.7. The molecule has 1 heterocycles. The number of nitrogens with one attached hydrogen (secondary N) is 2. The Morgan fingerprint density at radius 1 is 1.12 bits per heavy atom. The van der Waals surface area contributed by atoms with E-state index in [2.05, 4.69) is 34.4 Å². The molecular formula is C20H26N4O. The zero-order valence-corrected chi connectivity index (χ0v) is 15.2. The molecule has 1 aliphatic carbocycles. The highest BCUT2D eigenvalue weighted by atomic mass is 16.1. The molecule has 0 bridgehead atoms. The number of anilines is 2. The van der Waals surface area contributed by atoms with Crippen molar-refractivity contribution >= 4 is 17.5 Å². The van der Waals surface area contributed by atoms with Gasteiger partial charge in [0.2, 0.25) is 5.95 Å². The summed E-state index contributed by atoms with van der Waals surface area (Å²) in [5, 5.41) is 6.27. The highest BCUT2D eigenvalue weighted by molar-refractivity contribution is 6.03. The van der Waals surface area contributed by atoms with Crippen LogP contribution in [0, 0.1) is 6.92 Å². The molecule has 1 amide bonds. The number of carbonyl (C=O) groups excluding carboxylic acids is 1. The molecule has 1 saturated carbocycles. The van der Waals surface area contributed by atoms with Crippen molar-refractivity contribution in [3.05, 3.63) is 47.3 Å². The Morgan fingerprint density at radius 2 is 1.80 bits per heavy atom. The minimum atomic E-state index is -0.211. The van der Waals surface area contributed by atoms with E-state index in [4.69, 9.17) is 0 Å². The van der Waals surface area contributed by atoms with Gasteiger partial charge in [-0.25, -0.2) is 9.97 Å². The average molecular weight is 338 g/mol. The molecule has 1 aliphatic rings. The summed E-state index contributed by atoms with van der Waals surface area (Å²) in [6, 6.07) is 10.1. The van der Waals surface area contributed by atoms with Crippen LogP contribution in [-0.4, -0.2) is 21.9 Å². The van der Waals surface area contributed by atoms with E-state index >= 15 is 0 Å². The molecule has 1 aromatic carbocycles. The van der Waals surface area contributed by atoms with Crippen LogP contribution in [-0.2, 0) is 0 Å². The van der Waals surface area contributed by atoms with Crippen molar-refractivity contribution in [1.29, 1.82) is 0 Å². The van der Waals surface area contributed by atoms with Gasteiger partial charge in [-0.1, -0.05) is 38.8 Å². The van der Waals surface area contributed by atoms with Crippen LogP contribution in [0.4, 0.5) is 11.6 Å². The summed E-state index contributed by atoms with van der Waals surface area (Å²) in [4.78, 5) is 21.4. The van der Waals surface area contributed by atoms with Crippen molar-refractivity contribution in [3.63, 3.8) is 0 Å². The third-order valence-corrected chi connectivity index (χ3v) is 4.61. The first-order valence-corrected chi connectivity index (χ1v) is 9.05. The van der Waals surface area contributed by atoms with Gasteiger partial charge < -0.3 is 10.6 Å². The maximum absolute atomic E-state index is 12.5. The van der Waals surface area contributed by atoms with Gasteiger partial charge in [0.05, 0.1) is 0 Å². The Morgan fingerprint density at radius 3 is 2.44 bits per heavy atom. The lowest BCUT2D eigenvalue weighted by atomic mass is 10.0. The SMILES string of the molecule is Cc1cc(C(=O)Nc2ccc(C(C)C)cc2)nc(NC2CCCC2)n1. The predicted molar refractivity (Wildman–Crippen MR) is 101 cm³/mol. The van der Waals surface area contributed by atoms with E-state index in [1.165, 1.54) is 18.4 Å². The summed E-state index contributed by atoms with van der Waals surface area (Å²) in [5.41, 5.74) is 3.20. The van der Waals surface area contributed by atoms with Gasteiger partial charge in [0.15, 0.2) is 0 Å². The van der Waals surface area contributed by atoms with E-state index in [1.807, 2.05) is 31.2 Å². The van der Waals surface area contributed by atoms with Gasteiger partial charge in [-0.15, -0.1) is 0 Å². The standard InChI is InChI=1S/C20H26N4O/c1-13(2)15-8-10-17(11-9-15)22-19(25)18-12-14(3)21-20(24-18)23-16-6-4-5-7-16/h8-13,16H,4-7H2,1-3H3,(H,22,25)(H,21,23,24). The molecule has 5 heteroatoms. The minimum Gasteiger partial charge on any atom is -0.351 e. The molecule has 0 atom stereocenters. The molecule has 0 unspecified atom stereocenters. The largest absolute Gasteiger partial charge is 0.351 e. The van der Waals surface area contributed by atoms with E-state index in [9.17, 15) is 4.79 Å². The quantitative estimate of drug-likeness (QED) is 0.841. The molecule has 0 aliphatic heterocycles. The summed E-state index contributed by atoms with van der Waals surface area (Å²) < 4.78 is 0. The van der Waals surface area contributed by atoms with Crippen molar-refractivity contribution in [3.8, 4) is 0 Å². The van der Waals surface area contributed by atoms with Gasteiger partial charge in [0, 0.05) is 17.4 Å². The van der Waals surface area contributed by atoms with Gasteiger partial charge in [0.1, 0.15) is 5.69 Å². The fourth-order valence-corrected chi connectivity index (χ4v) is 3.15. The Bertz CT molecular complexity index is 734. The van der Waals surface area contributed by atoms with E-state index < -0.39 is 0 Å². The number of carbonyl (C=O) groups is 1. The topological polar surface area (TPSA) is 66.9 Å². The highest BCUT2D eigenvalue weighted by Gasteiger charge is 2.17. The average Bonchev–Trinajstić information content (AvgIpc) is 3.07. The molecule has 25 heavy (non-hydrogen) atoms. The summed E-state index contributed by atoms with van der Waals surface area (Å²) in [5.74, 6) is 0.808. The van der Waals surface area contributed by atoms with Gasteiger partial charge in [0.25, 0.3) is 5.91 Å². The van der Waals surface area contributed by atoms with Crippen LogP contribution in [0.3, 0.4) is 0 Å². The first kappa shape index (κ1) is 17.4. The number of hydrogen-bond donors (Lipinski definition) is 2. The summed E-state index contributed by atoms with van der Waals surface area (Å²) >= 11 is 0. The number of nitrogens with zero attached hydrogens (tertiary/aromatic N) is 2. The van der Waals surface area contributed by atoms with Crippen molar-refractivity contribution in [2.24, 2.45) is 0 Å². The van der Waals surface area contributed by atoms with Crippen LogP contribution in [0.2, 0.25) is 0 Å². The molecule has 3 rings (SSSR count). The zero-order valence-electron chi connectivity index (χ0n) is 15.2. The zero-order chi connectivity index (χ0) is 17.8. The van der Waals surface area contributed by atoms with E-state index in [1.54, 1.807) is 6.07 Å². The number of aromatic nitrogens is 2. The van der Waals surface area contributed by atoms with Crippen LogP contribution in [0.15, 0.2) is 30.3 Å². The third kappa shape index (κ3) is 4.56. The molecule has 2 N–H and O–H groups in total. The molecule has 132 valence electrons. The second kappa shape index (κ2) is 7.64. The van der Waals surface area contributed by atoms with E-state index in [-0.39, 0.29) is 5.91 Å². The molecule has 0 saturated heterocycles. The number of hydrogen-bond acceptors (Lipinski definition) is 4. The lowest BCUT2D eigenvalue weighted by Crippen LogP contribution is -2.20. The van der Waals surface area contributed by atoms with Crippen molar-refractivity contribution < 1.29 is 4.79 Å². The van der Waals surface area contributed by atoms with Crippen molar-refractivity contribution in [1.82, 2.24) is 9.97 Å². The molecule has 1 aromatic heterocycles. The van der Waals surface area contributed by atoms with Gasteiger partial charge in [-0.3, -0.25) is 4.79 Å². The van der Waals surface area contributed by atoms with Crippen molar-refractivity contribution in [2.45, 2.75) is 58.4 Å². The fourth-order valence-electron chi connectivity index (χ4n) is 3.15. The van der Waals surface area contributed by atoms with Crippen molar-refractivity contribution in [2.75, 3.05) is 10.6 Å². The van der Waals surface area contributed by atoms with Crippen LogP contribution in [0.5, 0.6) is 0 Å². The highest BCUT2D eigenvalue weighted by Crippen LogP contribution is 2.21. The molecule has 1 fully saturated rings. The monoisotopic (exact) mass is 338 g/mol. The second-order valence-corrected chi connectivity index (χ2v) is 7.07. The smallest absolute Gasteiger partial charge is 0.274 e. The number of amides is 1. The van der Waals surface area contributed by atoms with Gasteiger partial charge >= 0.3 is 0 Å². The Hall–Kier alpha value is -2.43. The fraction of sp³-hybridized carbons (Fsp3) is 0.450. The first-order valence-electron chi connectivity index (χ1n) is 9.05. The number of aryl methyl sites for hydroxylation is 1. The predicted octanol–water partition coefficient (Wildman–Crippen LogP) is 4.52. The summed E-state index contributed by atoms with van der Waals surface area (Å²) in [6.45, 7) is 6.18. The van der Waals surface area contributed by atoms with Crippen LogP contribution in [0.25, 0.3) is 0 Å².